The number of methoxy groups -OCH3 is 1. The number of carboxylic acids is 1. The second kappa shape index (κ2) is 7.10. The maximum absolute atomic E-state index is 10.9. The summed E-state index contributed by atoms with van der Waals surface area (Å²) in [6.45, 7) is 1.53. The highest BCUT2D eigenvalue weighted by Crippen LogP contribution is 1.81. The van der Waals surface area contributed by atoms with Crippen LogP contribution in [0.2, 0.25) is 0 Å². The number of urea groups is 1. The van der Waals surface area contributed by atoms with Gasteiger partial charge in [-0.1, -0.05) is 0 Å². The number of amides is 2. The van der Waals surface area contributed by atoms with Crippen LogP contribution in [0.4, 0.5) is 4.79 Å². The molecule has 1 atom stereocenters. The predicted octanol–water partition coefficient (Wildman–Crippen LogP) is -0.663. The minimum atomic E-state index is -1.16. The summed E-state index contributed by atoms with van der Waals surface area (Å²) in [5.41, 5.74) is 1.92. The van der Waals surface area contributed by atoms with Crippen LogP contribution < -0.4 is 10.8 Å². The lowest BCUT2D eigenvalue weighted by Gasteiger charge is -2.12. The van der Waals surface area contributed by atoms with Gasteiger partial charge in [0.1, 0.15) is 0 Å². The summed E-state index contributed by atoms with van der Waals surface area (Å²) in [6, 6.07) is -0.774. The Morgan fingerprint density at radius 1 is 1.50 bits per heavy atom. The quantitative estimate of drug-likeness (QED) is 0.501. The van der Waals surface area contributed by atoms with E-state index in [-0.39, 0.29) is 6.04 Å². The van der Waals surface area contributed by atoms with Crippen molar-refractivity contribution in [2.75, 3.05) is 20.3 Å². The molecule has 1 unspecified atom stereocenters. The molecule has 3 N–H and O–H groups in total. The molecule has 0 radical (unpaired) electrons. The number of nitrogens with one attached hydrogen (secondary N) is 2. The van der Waals surface area contributed by atoms with Gasteiger partial charge in [0.05, 0.1) is 12.6 Å². The van der Waals surface area contributed by atoms with E-state index < -0.39 is 18.6 Å². The van der Waals surface area contributed by atoms with Gasteiger partial charge in [-0.05, 0) is 6.92 Å². The zero-order chi connectivity index (χ0) is 11.0. The summed E-state index contributed by atoms with van der Waals surface area (Å²) in [4.78, 5) is 25.2. The Morgan fingerprint density at radius 2 is 2.14 bits per heavy atom. The minimum Gasteiger partial charge on any atom is -0.479 e. The van der Waals surface area contributed by atoms with Crippen LogP contribution in [0.15, 0.2) is 0 Å². The molecule has 0 aromatic carbocycles. The van der Waals surface area contributed by atoms with Crippen LogP contribution >= 0.6 is 0 Å². The van der Waals surface area contributed by atoms with Gasteiger partial charge in [0.15, 0.2) is 6.61 Å². The van der Waals surface area contributed by atoms with Crippen molar-refractivity contribution in [3.63, 3.8) is 0 Å². The molecule has 0 aliphatic rings. The van der Waals surface area contributed by atoms with Gasteiger partial charge in [-0.15, -0.1) is 0 Å². The second-order valence-electron chi connectivity index (χ2n) is 2.61. The van der Waals surface area contributed by atoms with Crippen LogP contribution in [0.25, 0.3) is 0 Å². The first kappa shape index (κ1) is 12.7. The molecule has 7 nitrogen and oxygen atoms in total. The summed E-state index contributed by atoms with van der Waals surface area (Å²) in [7, 11) is 1.51. The lowest BCUT2D eigenvalue weighted by molar-refractivity contribution is -0.144. The van der Waals surface area contributed by atoms with E-state index in [2.05, 4.69) is 10.2 Å². The van der Waals surface area contributed by atoms with E-state index in [1.54, 1.807) is 6.92 Å². The van der Waals surface area contributed by atoms with Crippen LogP contribution in [-0.4, -0.2) is 43.5 Å². The van der Waals surface area contributed by atoms with E-state index in [0.717, 1.165) is 0 Å². The van der Waals surface area contributed by atoms with Gasteiger partial charge < -0.3 is 15.2 Å². The molecule has 0 rings (SSSR count). The number of hydrogen-bond donors (Lipinski definition) is 3. The molecule has 0 aromatic heterocycles. The molecule has 0 bridgehead atoms. The van der Waals surface area contributed by atoms with Gasteiger partial charge in [-0.25, -0.2) is 15.1 Å². The molecular weight excluding hydrogens is 192 g/mol. The highest BCUT2D eigenvalue weighted by molar-refractivity contribution is 5.73. The molecule has 0 saturated heterocycles. The molecule has 0 heterocycles. The first-order chi connectivity index (χ1) is 6.56. The van der Waals surface area contributed by atoms with Crippen molar-refractivity contribution in [2.24, 2.45) is 0 Å². The van der Waals surface area contributed by atoms with Crippen molar-refractivity contribution in [1.82, 2.24) is 10.8 Å². The van der Waals surface area contributed by atoms with Gasteiger partial charge in [-0.2, -0.15) is 0 Å². The first-order valence-electron chi connectivity index (χ1n) is 3.95. The Hall–Kier alpha value is -1.34. The number of aliphatic carboxylic acids is 1. The van der Waals surface area contributed by atoms with E-state index in [9.17, 15) is 9.59 Å². The largest absolute Gasteiger partial charge is 0.479 e. The molecule has 2 amide bonds. The Balaban J connectivity index is 3.50. The molecule has 0 aliphatic heterocycles. The number of hydroxylamine groups is 1. The smallest absolute Gasteiger partial charge is 0.339 e. The number of rotatable bonds is 6. The van der Waals surface area contributed by atoms with Crippen LogP contribution in [0.1, 0.15) is 6.92 Å². The van der Waals surface area contributed by atoms with Crippen molar-refractivity contribution >= 4 is 12.0 Å². The summed E-state index contributed by atoms with van der Waals surface area (Å²) in [6.07, 6.45) is 0. The molecular formula is C7H14N2O5. The third kappa shape index (κ3) is 7.32. The van der Waals surface area contributed by atoms with E-state index in [0.29, 0.717) is 6.61 Å². The van der Waals surface area contributed by atoms with E-state index in [4.69, 9.17) is 9.84 Å². The van der Waals surface area contributed by atoms with Crippen LogP contribution in [0.5, 0.6) is 0 Å². The molecule has 7 heteroatoms. The van der Waals surface area contributed by atoms with Gasteiger partial charge in [0.2, 0.25) is 0 Å². The fourth-order valence-electron chi connectivity index (χ4n) is 0.708. The Kier molecular flexibility index (Phi) is 6.42. The first-order valence-corrected chi connectivity index (χ1v) is 3.95. The molecule has 0 saturated carbocycles. The third-order valence-electron chi connectivity index (χ3n) is 1.15. The molecule has 14 heavy (non-hydrogen) atoms. The Bertz CT molecular complexity index is 197. The van der Waals surface area contributed by atoms with Crippen molar-refractivity contribution < 1.29 is 24.3 Å². The molecule has 0 fully saturated rings. The van der Waals surface area contributed by atoms with Crippen molar-refractivity contribution in [3.8, 4) is 0 Å². The monoisotopic (exact) mass is 206 g/mol. The fourth-order valence-corrected chi connectivity index (χ4v) is 0.708. The maximum Gasteiger partial charge on any atom is 0.339 e. The number of carbonyl (C=O) groups is 2. The number of hydrogen-bond acceptors (Lipinski definition) is 4. The molecule has 0 aliphatic carbocycles. The zero-order valence-corrected chi connectivity index (χ0v) is 8.07. The zero-order valence-electron chi connectivity index (χ0n) is 8.07. The lowest BCUT2D eigenvalue weighted by Crippen LogP contribution is -2.43. The summed E-state index contributed by atoms with van der Waals surface area (Å²) in [5.74, 6) is -1.16. The average Bonchev–Trinajstić information content (AvgIpc) is 2.03. The highest BCUT2D eigenvalue weighted by atomic mass is 16.7. The number of carbonyl (C=O) groups excluding carboxylic acids is 1. The van der Waals surface area contributed by atoms with E-state index >= 15 is 0 Å². The molecule has 82 valence electrons. The maximum atomic E-state index is 10.9. The standard InChI is InChI=1S/C7H14N2O5/c1-5(3-13-2)8-7(12)9-14-4-6(10)11/h5H,3-4H2,1-2H3,(H,10,11)(H2,8,9,12). The van der Waals surface area contributed by atoms with Gasteiger partial charge in [0.25, 0.3) is 0 Å². The lowest BCUT2D eigenvalue weighted by atomic mass is 10.4. The van der Waals surface area contributed by atoms with Gasteiger partial charge >= 0.3 is 12.0 Å². The fraction of sp³-hybridized carbons (Fsp3) is 0.714. The summed E-state index contributed by atoms with van der Waals surface area (Å²) < 4.78 is 4.77. The van der Waals surface area contributed by atoms with Crippen molar-refractivity contribution in [3.05, 3.63) is 0 Å². The van der Waals surface area contributed by atoms with E-state index in [1.807, 2.05) is 5.48 Å². The van der Waals surface area contributed by atoms with Crippen LogP contribution in [-0.2, 0) is 14.4 Å². The number of ether oxygens (including phenoxy) is 1. The van der Waals surface area contributed by atoms with Crippen LogP contribution in [0, 0.1) is 0 Å². The topological polar surface area (TPSA) is 96.9 Å². The predicted molar refractivity (Wildman–Crippen MR) is 46.6 cm³/mol. The minimum absolute atomic E-state index is 0.173. The van der Waals surface area contributed by atoms with E-state index in [1.165, 1.54) is 7.11 Å². The number of carboxylic acid groups (broad SMARTS) is 1. The van der Waals surface area contributed by atoms with Crippen molar-refractivity contribution in [1.29, 1.82) is 0 Å². The second-order valence-corrected chi connectivity index (χ2v) is 2.61. The molecule has 0 spiro atoms. The van der Waals surface area contributed by atoms with Crippen LogP contribution in [0.3, 0.4) is 0 Å². The summed E-state index contributed by atoms with van der Waals surface area (Å²) >= 11 is 0. The Morgan fingerprint density at radius 3 is 2.64 bits per heavy atom. The Labute approximate surface area is 81.3 Å². The average molecular weight is 206 g/mol. The normalized spacial score (nSPS) is 11.9. The third-order valence-corrected chi connectivity index (χ3v) is 1.15. The van der Waals surface area contributed by atoms with Gasteiger partial charge in [-0.3, -0.25) is 4.84 Å². The van der Waals surface area contributed by atoms with Gasteiger partial charge in [0, 0.05) is 7.11 Å². The van der Waals surface area contributed by atoms with Crippen molar-refractivity contribution in [2.45, 2.75) is 13.0 Å². The molecule has 0 aromatic rings. The SMILES string of the molecule is COCC(C)NC(=O)NOCC(=O)O. The summed E-state index contributed by atoms with van der Waals surface area (Å²) in [5, 5.41) is 10.6. The highest BCUT2D eigenvalue weighted by Gasteiger charge is 2.06.